The molecule has 3 aromatic carbocycles. The lowest BCUT2D eigenvalue weighted by Crippen LogP contribution is -2.30. The average molecular weight is 588 g/mol. The number of rotatable bonds is 7. The molecule has 0 bridgehead atoms. The van der Waals surface area contributed by atoms with Crippen LogP contribution in [0.4, 0.5) is 0 Å². The van der Waals surface area contributed by atoms with Gasteiger partial charge in [0.1, 0.15) is 34.4 Å². The summed E-state index contributed by atoms with van der Waals surface area (Å²) in [5.41, 5.74) is 2.54. The second-order valence-electron chi connectivity index (χ2n) is 12.9. The van der Waals surface area contributed by atoms with Gasteiger partial charge in [-0.15, -0.1) is 0 Å². The molecule has 0 radical (unpaired) electrons. The summed E-state index contributed by atoms with van der Waals surface area (Å²) in [4.78, 5) is 32.2. The first-order valence-electron chi connectivity index (χ1n) is 14.2. The van der Waals surface area contributed by atoms with Crippen molar-refractivity contribution in [3.8, 4) is 17.2 Å². The number of benzene rings is 3. The Balaban J connectivity index is 2.18. The molecule has 8 nitrogen and oxygen atoms in total. The highest BCUT2D eigenvalue weighted by Gasteiger charge is 2.40. The zero-order valence-corrected chi connectivity index (χ0v) is 26.6. The van der Waals surface area contributed by atoms with E-state index in [9.17, 15) is 14.7 Å². The minimum Gasteiger partial charge on any atom is -0.507 e. The third-order valence-corrected chi connectivity index (χ3v) is 7.73. The van der Waals surface area contributed by atoms with Gasteiger partial charge in [-0.05, 0) is 70.3 Å². The fraction of sp³-hybridized carbons (Fsp3) is 0.400. The van der Waals surface area contributed by atoms with Crippen LogP contribution in [0.3, 0.4) is 0 Å². The molecule has 1 heterocycles. The number of carbonyl (C=O) groups excluding carboxylic acids is 1. The van der Waals surface area contributed by atoms with Gasteiger partial charge in [-0.2, -0.15) is 0 Å². The van der Waals surface area contributed by atoms with E-state index in [0.717, 1.165) is 5.56 Å². The van der Waals surface area contributed by atoms with Crippen molar-refractivity contribution in [3.05, 3.63) is 92.5 Å². The molecule has 1 N–H and O–H groups in total. The van der Waals surface area contributed by atoms with Crippen molar-refractivity contribution in [2.75, 3.05) is 21.3 Å². The maximum atomic E-state index is 13.9. The first-order valence-corrected chi connectivity index (χ1v) is 14.2. The van der Waals surface area contributed by atoms with Crippen molar-refractivity contribution in [1.82, 2.24) is 4.98 Å². The molecule has 0 fully saturated rings. The van der Waals surface area contributed by atoms with Gasteiger partial charge in [0, 0.05) is 11.5 Å². The largest absolute Gasteiger partial charge is 0.507 e. The molecule has 8 heteroatoms. The van der Waals surface area contributed by atoms with E-state index in [0.29, 0.717) is 44.9 Å². The number of phenolic OH excluding ortho intramolecular Hbond substituents is 1. The minimum atomic E-state index is -1.24. The van der Waals surface area contributed by atoms with Crippen molar-refractivity contribution in [3.63, 3.8) is 0 Å². The lowest BCUT2D eigenvalue weighted by molar-refractivity contribution is -0.143. The zero-order chi connectivity index (χ0) is 31.9. The summed E-state index contributed by atoms with van der Waals surface area (Å²) in [6.45, 7) is 14.0. The van der Waals surface area contributed by atoms with Crippen LogP contribution in [0.5, 0.6) is 17.2 Å². The number of fused-ring (bicyclic) bond motifs is 1. The monoisotopic (exact) mass is 587 g/mol. The molecule has 0 amide bonds. The van der Waals surface area contributed by atoms with E-state index in [1.165, 1.54) is 7.11 Å². The number of carbonyl (C=O) groups is 1. The molecule has 4 aromatic rings. The van der Waals surface area contributed by atoms with Crippen LogP contribution >= 0.6 is 0 Å². The second-order valence-corrected chi connectivity index (χ2v) is 12.9. The number of hydrogen-bond donors (Lipinski definition) is 1. The Kier molecular flexibility index (Phi) is 8.63. The third-order valence-electron chi connectivity index (χ3n) is 7.73. The number of ether oxygens (including phenoxy) is 3. The SMILES string of the molecule is COC(=O)C(c1nc2ccc(C)cc2oc1=O)C(c1cc(C(C)(C)C)c(O)c(C(C)(C)C)c1)c1cc(OC)ccc1OC. The molecule has 4 rings (SSSR count). The van der Waals surface area contributed by atoms with Gasteiger partial charge in [-0.1, -0.05) is 59.7 Å². The van der Waals surface area contributed by atoms with Crippen LogP contribution < -0.4 is 15.1 Å². The molecule has 0 spiro atoms. The molecule has 228 valence electrons. The predicted octanol–water partition coefficient (Wildman–Crippen LogP) is 6.90. The van der Waals surface area contributed by atoms with E-state index < -0.39 is 34.3 Å². The van der Waals surface area contributed by atoms with Crippen molar-refractivity contribution in [2.45, 2.75) is 71.1 Å². The molecule has 2 unspecified atom stereocenters. The molecular weight excluding hydrogens is 546 g/mol. The molecule has 1 aromatic heterocycles. The fourth-order valence-electron chi connectivity index (χ4n) is 5.47. The molecule has 0 aliphatic rings. The lowest BCUT2D eigenvalue weighted by Gasteiger charge is -2.32. The first-order chi connectivity index (χ1) is 20.1. The number of methoxy groups -OCH3 is 3. The number of hydrogen-bond acceptors (Lipinski definition) is 8. The zero-order valence-electron chi connectivity index (χ0n) is 26.6. The van der Waals surface area contributed by atoms with Crippen molar-refractivity contribution >= 4 is 17.1 Å². The lowest BCUT2D eigenvalue weighted by atomic mass is 9.73. The molecule has 2 atom stereocenters. The van der Waals surface area contributed by atoms with Gasteiger partial charge in [-0.25, -0.2) is 9.78 Å². The van der Waals surface area contributed by atoms with Crippen molar-refractivity contribution in [1.29, 1.82) is 0 Å². The Bertz CT molecular complexity index is 1690. The van der Waals surface area contributed by atoms with Crippen LogP contribution in [-0.4, -0.2) is 37.4 Å². The quantitative estimate of drug-likeness (QED) is 0.233. The Morgan fingerprint density at radius 1 is 0.884 bits per heavy atom. The van der Waals surface area contributed by atoms with Gasteiger partial charge < -0.3 is 23.7 Å². The number of aryl methyl sites for hydroxylation is 1. The minimum absolute atomic E-state index is 0.0965. The fourth-order valence-corrected chi connectivity index (χ4v) is 5.47. The van der Waals surface area contributed by atoms with Crippen LogP contribution in [0.1, 0.15) is 86.9 Å². The van der Waals surface area contributed by atoms with Gasteiger partial charge in [0.15, 0.2) is 5.58 Å². The highest BCUT2D eigenvalue weighted by molar-refractivity contribution is 5.81. The summed E-state index contributed by atoms with van der Waals surface area (Å²) in [5, 5.41) is 11.5. The van der Waals surface area contributed by atoms with Crippen LogP contribution in [0, 0.1) is 6.92 Å². The number of esters is 1. The van der Waals surface area contributed by atoms with E-state index in [-0.39, 0.29) is 11.4 Å². The van der Waals surface area contributed by atoms with E-state index in [1.54, 1.807) is 44.6 Å². The Labute approximate surface area is 252 Å². The Hall–Kier alpha value is -4.33. The maximum absolute atomic E-state index is 13.9. The Morgan fingerprint density at radius 3 is 2.05 bits per heavy atom. The topological polar surface area (TPSA) is 108 Å². The summed E-state index contributed by atoms with van der Waals surface area (Å²) >= 11 is 0. The van der Waals surface area contributed by atoms with E-state index >= 15 is 0 Å². The number of phenols is 1. The molecular formula is C35H41NO7. The summed E-state index contributed by atoms with van der Waals surface area (Å²) in [5.74, 6) is -1.57. The summed E-state index contributed by atoms with van der Waals surface area (Å²) in [7, 11) is 4.37. The second kappa shape index (κ2) is 11.7. The van der Waals surface area contributed by atoms with Gasteiger partial charge in [0.25, 0.3) is 0 Å². The van der Waals surface area contributed by atoms with Crippen LogP contribution in [0.25, 0.3) is 11.1 Å². The summed E-state index contributed by atoms with van der Waals surface area (Å²) < 4.78 is 22.4. The average Bonchev–Trinajstić information content (AvgIpc) is 2.94. The third kappa shape index (κ3) is 6.24. The van der Waals surface area contributed by atoms with Crippen molar-refractivity contribution in [2.24, 2.45) is 0 Å². The van der Waals surface area contributed by atoms with Gasteiger partial charge in [0.05, 0.1) is 21.3 Å². The Morgan fingerprint density at radius 2 is 1.51 bits per heavy atom. The number of aromatic hydroxyl groups is 1. The van der Waals surface area contributed by atoms with Gasteiger partial charge >= 0.3 is 11.6 Å². The standard InChI is InChI=1S/C35H41NO7/c1-19-11-13-25-27(15-19)43-33(39)30(36-25)29(32(38)42-10)28(22-18-21(40-8)12-14-26(22)41-9)20-16-23(34(2,3)4)31(37)24(17-20)35(5,6)7/h11-18,28-29,37H,1-10H3. The van der Waals surface area contributed by atoms with E-state index in [4.69, 9.17) is 18.6 Å². The maximum Gasteiger partial charge on any atom is 0.359 e. The van der Waals surface area contributed by atoms with Crippen LogP contribution in [-0.2, 0) is 20.4 Å². The number of nitrogens with zero attached hydrogens (tertiary/aromatic N) is 1. The predicted molar refractivity (Wildman–Crippen MR) is 167 cm³/mol. The molecule has 0 saturated heterocycles. The molecule has 43 heavy (non-hydrogen) atoms. The molecule has 0 saturated carbocycles. The normalized spacial score (nSPS) is 13.4. The first kappa shape index (κ1) is 31.6. The van der Waals surface area contributed by atoms with Gasteiger partial charge in [0.2, 0.25) is 0 Å². The summed E-state index contributed by atoms with van der Waals surface area (Å²) in [6, 6.07) is 14.4. The highest BCUT2D eigenvalue weighted by atomic mass is 16.5. The molecule has 0 aliphatic carbocycles. The van der Waals surface area contributed by atoms with E-state index in [2.05, 4.69) is 4.98 Å². The van der Waals surface area contributed by atoms with Crippen molar-refractivity contribution < 1.29 is 28.5 Å². The smallest absolute Gasteiger partial charge is 0.359 e. The highest BCUT2D eigenvalue weighted by Crippen LogP contribution is 2.48. The molecule has 0 aliphatic heterocycles. The number of aromatic nitrogens is 1. The van der Waals surface area contributed by atoms with Crippen LogP contribution in [0.15, 0.2) is 57.7 Å². The van der Waals surface area contributed by atoms with Crippen LogP contribution in [0.2, 0.25) is 0 Å². The van der Waals surface area contributed by atoms with Gasteiger partial charge in [-0.3, -0.25) is 4.79 Å². The summed E-state index contributed by atoms with van der Waals surface area (Å²) in [6.07, 6.45) is 0. The van der Waals surface area contributed by atoms with E-state index in [1.807, 2.05) is 66.7 Å².